The highest BCUT2D eigenvalue weighted by atomic mass is 35.5. The van der Waals surface area contributed by atoms with Crippen molar-refractivity contribution in [3.05, 3.63) is 69.5 Å². The molecule has 0 N–H and O–H groups in total. The zero-order chi connectivity index (χ0) is 26.4. The van der Waals surface area contributed by atoms with Gasteiger partial charge >= 0.3 is 5.97 Å². The molecule has 1 aliphatic rings. The van der Waals surface area contributed by atoms with Gasteiger partial charge in [-0.1, -0.05) is 11.6 Å². The van der Waals surface area contributed by atoms with E-state index >= 15 is 0 Å². The Hall–Kier alpha value is -2.87. The molecule has 0 unspecified atom stereocenters. The van der Waals surface area contributed by atoms with Crippen LogP contribution in [0.15, 0.2) is 42.5 Å². The molecule has 0 aliphatic carbocycles. The van der Waals surface area contributed by atoms with Crippen LogP contribution < -0.4 is 4.74 Å². The Kier molecular flexibility index (Phi) is 6.94. The highest BCUT2D eigenvalue weighted by molar-refractivity contribution is 6.30. The fourth-order valence-corrected chi connectivity index (χ4v) is 5.55. The van der Waals surface area contributed by atoms with E-state index in [0.29, 0.717) is 46.0 Å². The molecule has 36 heavy (non-hydrogen) atoms. The van der Waals surface area contributed by atoms with Crippen molar-refractivity contribution in [2.24, 2.45) is 0 Å². The first-order chi connectivity index (χ1) is 16.8. The second-order valence-corrected chi connectivity index (χ2v) is 11.1. The summed E-state index contributed by atoms with van der Waals surface area (Å²) in [4.78, 5) is 26.6. The lowest BCUT2D eigenvalue weighted by atomic mass is 9.80. The average molecular weight is 512 g/mol. The van der Waals surface area contributed by atoms with Crippen LogP contribution in [0.25, 0.3) is 10.9 Å². The first kappa shape index (κ1) is 26.2. The van der Waals surface area contributed by atoms with Gasteiger partial charge in [0.05, 0.1) is 19.0 Å². The van der Waals surface area contributed by atoms with Gasteiger partial charge in [-0.2, -0.15) is 0 Å². The van der Waals surface area contributed by atoms with E-state index in [1.165, 1.54) is 0 Å². The molecule has 192 valence electrons. The Labute approximate surface area is 216 Å². The summed E-state index contributed by atoms with van der Waals surface area (Å²) in [6.07, 6.45) is 0.533. The largest absolute Gasteiger partial charge is 0.784 e. The van der Waals surface area contributed by atoms with Crippen LogP contribution in [0.1, 0.15) is 62.2 Å². The van der Waals surface area contributed by atoms with Crippen molar-refractivity contribution in [1.29, 1.82) is 0 Å². The van der Waals surface area contributed by atoms with Gasteiger partial charge < -0.3 is 19.7 Å². The SMILES string of the molecule is COc1ccc2c(c1)c(CC(=O)OC1CC(C)(C)N([O-])C(C)(C)C1)c(C)n2C(=O)c1ccc(Cl)cc1. The third-order valence-corrected chi connectivity index (χ3v) is 7.26. The number of methoxy groups -OCH3 is 1. The summed E-state index contributed by atoms with van der Waals surface area (Å²) in [7, 11) is 1.57. The maximum absolute atomic E-state index is 13.5. The van der Waals surface area contributed by atoms with Crippen molar-refractivity contribution in [3.8, 4) is 5.75 Å². The van der Waals surface area contributed by atoms with Gasteiger partial charge in [0.2, 0.25) is 0 Å². The lowest BCUT2D eigenvalue weighted by Crippen LogP contribution is -2.59. The number of carbonyl (C=O) groups is 2. The van der Waals surface area contributed by atoms with E-state index in [9.17, 15) is 14.8 Å². The maximum Gasteiger partial charge on any atom is 0.310 e. The van der Waals surface area contributed by atoms with E-state index in [4.69, 9.17) is 21.1 Å². The number of carbonyl (C=O) groups excluding carboxylic acids is 2. The summed E-state index contributed by atoms with van der Waals surface area (Å²) in [5.41, 5.74) is 1.24. The number of hydrogen-bond donors (Lipinski definition) is 0. The standard InChI is InChI=1S/C28H32ClN2O5/c1-17-22(14-25(32)36-21-15-27(2,3)31(34)28(4,5)16-21)23-13-20(35-6)11-12-24(23)30(17)26(33)18-7-9-19(29)10-8-18/h7-13,21H,14-16H2,1-6H3/q-1. The molecule has 3 aromatic rings. The molecule has 7 nitrogen and oxygen atoms in total. The minimum atomic E-state index is -0.642. The topological polar surface area (TPSA) is 83.8 Å². The lowest BCUT2D eigenvalue weighted by Gasteiger charge is -2.59. The molecule has 0 atom stereocenters. The van der Waals surface area contributed by atoms with Gasteiger partial charge in [-0.15, -0.1) is 0 Å². The summed E-state index contributed by atoms with van der Waals surface area (Å²) in [6.45, 7) is 9.30. The van der Waals surface area contributed by atoms with Crippen LogP contribution in [-0.4, -0.2) is 45.8 Å². The fourth-order valence-electron chi connectivity index (χ4n) is 5.42. The first-order valence-corrected chi connectivity index (χ1v) is 12.4. The minimum Gasteiger partial charge on any atom is -0.784 e. The molecule has 2 aromatic carbocycles. The average Bonchev–Trinajstić information content (AvgIpc) is 3.07. The number of benzene rings is 2. The van der Waals surface area contributed by atoms with Gasteiger partial charge in [0.25, 0.3) is 5.91 Å². The lowest BCUT2D eigenvalue weighted by molar-refractivity contribution is -0.156. The van der Waals surface area contributed by atoms with Gasteiger partial charge in [-0.3, -0.25) is 14.2 Å². The van der Waals surface area contributed by atoms with Gasteiger partial charge in [-0.25, -0.2) is 0 Å². The fraction of sp³-hybridized carbons (Fsp3) is 0.429. The molecule has 0 spiro atoms. The molecule has 4 rings (SSSR count). The van der Waals surface area contributed by atoms with E-state index in [-0.39, 0.29) is 18.4 Å². The summed E-state index contributed by atoms with van der Waals surface area (Å²) in [5.74, 6) is 0.0136. The van der Waals surface area contributed by atoms with Crippen molar-refractivity contribution in [2.45, 2.75) is 71.1 Å². The number of ether oxygens (including phenoxy) is 2. The van der Waals surface area contributed by atoms with Crippen LogP contribution in [0.5, 0.6) is 5.75 Å². The van der Waals surface area contributed by atoms with Gasteiger partial charge in [-0.05, 0) is 82.6 Å². The van der Waals surface area contributed by atoms with Gasteiger partial charge in [0.15, 0.2) is 0 Å². The Bertz CT molecular complexity index is 1290. The van der Waals surface area contributed by atoms with Crippen LogP contribution >= 0.6 is 11.6 Å². The molecule has 1 aliphatic heterocycles. The highest BCUT2D eigenvalue weighted by Crippen LogP contribution is 2.39. The molecule has 2 heterocycles. The number of halogens is 1. The molecule has 1 fully saturated rings. The third-order valence-electron chi connectivity index (χ3n) is 7.01. The van der Waals surface area contributed by atoms with Crippen LogP contribution in [0.4, 0.5) is 0 Å². The van der Waals surface area contributed by atoms with E-state index in [2.05, 4.69) is 0 Å². The predicted octanol–water partition coefficient (Wildman–Crippen LogP) is 5.91. The van der Waals surface area contributed by atoms with Crippen LogP contribution in [0.2, 0.25) is 5.02 Å². The van der Waals surface area contributed by atoms with Gasteiger partial charge in [0, 0.05) is 45.6 Å². The molecular formula is C28H32ClN2O5-. The number of hydroxylamine groups is 2. The molecule has 1 saturated heterocycles. The molecule has 0 radical (unpaired) electrons. The number of piperidine rings is 1. The number of esters is 1. The van der Waals surface area contributed by atoms with Crippen LogP contribution in [0.3, 0.4) is 0 Å². The number of fused-ring (bicyclic) bond motifs is 1. The minimum absolute atomic E-state index is 0.00511. The van der Waals surface area contributed by atoms with Crippen LogP contribution in [-0.2, 0) is 16.0 Å². The number of nitrogens with zero attached hydrogens (tertiary/aromatic N) is 2. The van der Waals surface area contributed by atoms with E-state index in [0.717, 1.165) is 10.4 Å². The third kappa shape index (κ3) is 4.88. The number of rotatable bonds is 5. The Morgan fingerprint density at radius 3 is 2.25 bits per heavy atom. The Morgan fingerprint density at radius 1 is 1.06 bits per heavy atom. The molecule has 8 heteroatoms. The van der Waals surface area contributed by atoms with Gasteiger partial charge in [0.1, 0.15) is 11.9 Å². The van der Waals surface area contributed by atoms with E-state index in [1.54, 1.807) is 42.0 Å². The second-order valence-electron chi connectivity index (χ2n) is 10.7. The summed E-state index contributed by atoms with van der Waals surface area (Å²) in [5, 5.41) is 15.1. The smallest absolute Gasteiger partial charge is 0.310 e. The van der Waals surface area contributed by atoms with E-state index < -0.39 is 17.0 Å². The molecule has 0 amide bonds. The van der Waals surface area contributed by atoms with Crippen molar-refractivity contribution >= 4 is 34.4 Å². The van der Waals surface area contributed by atoms with Crippen LogP contribution in [0, 0.1) is 12.1 Å². The highest BCUT2D eigenvalue weighted by Gasteiger charge is 2.41. The molecular weight excluding hydrogens is 480 g/mol. The summed E-state index contributed by atoms with van der Waals surface area (Å²) < 4.78 is 12.9. The zero-order valence-electron chi connectivity index (χ0n) is 21.6. The quantitative estimate of drug-likeness (QED) is 0.396. The number of aromatic nitrogens is 1. The monoisotopic (exact) mass is 511 g/mol. The van der Waals surface area contributed by atoms with Crippen molar-refractivity contribution in [1.82, 2.24) is 9.63 Å². The second kappa shape index (κ2) is 9.54. The summed E-state index contributed by atoms with van der Waals surface area (Å²) >= 11 is 6.00. The van der Waals surface area contributed by atoms with Crippen molar-refractivity contribution in [2.75, 3.05) is 7.11 Å². The Morgan fingerprint density at radius 2 is 1.67 bits per heavy atom. The molecule has 1 aromatic heterocycles. The normalized spacial score (nSPS) is 17.8. The summed E-state index contributed by atoms with van der Waals surface area (Å²) in [6, 6.07) is 12.1. The number of hydrogen-bond acceptors (Lipinski definition) is 6. The molecule has 0 saturated carbocycles. The maximum atomic E-state index is 13.5. The zero-order valence-corrected chi connectivity index (χ0v) is 22.3. The predicted molar refractivity (Wildman–Crippen MR) is 141 cm³/mol. The first-order valence-electron chi connectivity index (χ1n) is 12.0. The Balaban J connectivity index is 1.67. The van der Waals surface area contributed by atoms with Crippen molar-refractivity contribution in [3.63, 3.8) is 0 Å². The van der Waals surface area contributed by atoms with E-state index in [1.807, 2.05) is 46.8 Å². The van der Waals surface area contributed by atoms with Crippen molar-refractivity contribution < 1.29 is 19.1 Å². The molecule has 0 bridgehead atoms.